The number of carbonyl (C=O) groups is 2. The van der Waals surface area contributed by atoms with Gasteiger partial charge in [0.1, 0.15) is 22.8 Å². The minimum Gasteiger partial charge on any atom is -0.482 e. The van der Waals surface area contributed by atoms with Crippen molar-refractivity contribution in [3.63, 3.8) is 0 Å². The van der Waals surface area contributed by atoms with Gasteiger partial charge in [-0.15, -0.1) is 0 Å². The summed E-state index contributed by atoms with van der Waals surface area (Å²) in [7, 11) is 2.69. The van der Waals surface area contributed by atoms with Gasteiger partial charge >= 0.3 is 12.3 Å². The Bertz CT molecular complexity index is 1770. The Morgan fingerprint density at radius 1 is 1.12 bits per heavy atom. The molecule has 1 amide bonds. The molecule has 254 valence electrons. The third-order valence-electron chi connectivity index (χ3n) is 7.87. The summed E-state index contributed by atoms with van der Waals surface area (Å²) in [5.41, 5.74) is -0.0351. The number of alkyl carbamates (subject to hydrolysis) is 1. The van der Waals surface area contributed by atoms with Crippen LogP contribution in [0.3, 0.4) is 0 Å². The number of alkyl halides is 3. The van der Waals surface area contributed by atoms with E-state index in [1.54, 1.807) is 63.5 Å². The summed E-state index contributed by atoms with van der Waals surface area (Å²) < 4.78 is 64.4. The van der Waals surface area contributed by atoms with E-state index >= 15 is 0 Å². The van der Waals surface area contributed by atoms with Gasteiger partial charge in [-0.25, -0.2) is 4.79 Å². The molecule has 0 spiro atoms. The number of fused-ring (bicyclic) bond motifs is 1. The van der Waals surface area contributed by atoms with Gasteiger partial charge in [0.05, 0.1) is 31.4 Å². The second-order valence-electron chi connectivity index (χ2n) is 12.1. The van der Waals surface area contributed by atoms with E-state index in [0.717, 1.165) is 5.56 Å². The average Bonchev–Trinajstić information content (AvgIpc) is 3.45. The van der Waals surface area contributed by atoms with Crippen molar-refractivity contribution in [2.45, 2.75) is 57.0 Å². The fraction of sp³-hybridized carbons (Fsp3) is 0.353. The van der Waals surface area contributed by atoms with Gasteiger partial charge in [0.15, 0.2) is 12.2 Å². The van der Waals surface area contributed by atoms with Gasteiger partial charge in [0.25, 0.3) is 0 Å². The fourth-order valence-corrected chi connectivity index (χ4v) is 6.25. The van der Waals surface area contributed by atoms with Gasteiger partial charge in [-0.05, 0) is 80.1 Å². The van der Waals surface area contributed by atoms with Crippen molar-refractivity contribution in [1.82, 2.24) is 20.6 Å². The first-order valence-corrected chi connectivity index (χ1v) is 15.3. The molecule has 10 nitrogen and oxygen atoms in total. The second kappa shape index (κ2) is 13.4. The zero-order chi connectivity index (χ0) is 34.9. The molecule has 0 saturated carbocycles. The highest BCUT2D eigenvalue weighted by atomic mass is 35.5. The lowest BCUT2D eigenvalue weighted by molar-refractivity contribution is -0.139. The highest BCUT2D eigenvalue weighted by molar-refractivity contribution is 6.31. The van der Waals surface area contributed by atoms with Crippen LogP contribution in [0.1, 0.15) is 71.5 Å². The number of aldehydes is 1. The summed E-state index contributed by atoms with van der Waals surface area (Å²) >= 11 is 7.18. The van der Waals surface area contributed by atoms with Crippen LogP contribution in [0, 0.1) is 0 Å². The number of benzene rings is 1. The van der Waals surface area contributed by atoms with Crippen LogP contribution in [-0.4, -0.2) is 48.7 Å². The van der Waals surface area contributed by atoms with Crippen LogP contribution in [0.2, 0.25) is 0 Å². The molecular formula is C34H34ClF3N4O6. The van der Waals surface area contributed by atoms with Gasteiger partial charge in [-0.1, -0.05) is 29.8 Å². The van der Waals surface area contributed by atoms with Crippen molar-refractivity contribution in [2.24, 2.45) is 0 Å². The largest absolute Gasteiger partial charge is 0.482 e. The average molecular weight is 687 g/mol. The molecule has 5 rings (SSSR count). The molecule has 0 saturated heterocycles. The van der Waals surface area contributed by atoms with Crippen LogP contribution in [-0.2, 0) is 27.6 Å². The normalized spacial score (nSPS) is 19.1. The van der Waals surface area contributed by atoms with E-state index in [1.165, 1.54) is 14.2 Å². The van der Waals surface area contributed by atoms with Gasteiger partial charge in [0, 0.05) is 18.0 Å². The molecular weight excluding hydrogens is 653 g/mol. The summed E-state index contributed by atoms with van der Waals surface area (Å²) in [6, 6.07) is 9.69. The zero-order valence-electron chi connectivity index (χ0n) is 26.8. The first-order valence-electron chi connectivity index (χ1n) is 14.9. The molecule has 14 heteroatoms. The first-order chi connectivity index (χ1) is 22.7. The van der Waals surface area contributed by atoms with Crippen LogP contribution >= 0.6 is 11.6 Å². The number of nitrogens with one attached hydrogen (secondary N) is 2. The number of methoxy groups -OCH3 is 2. The Labute approximate surface area is 280 Å². The lowest BCUT2D eigenvalue weighted by Gasteiger charge is -2.41. The third-order valence-corrected chi connectivity index (χ3v) is 8.26. The predicted molar refractivity (Wildman–Crippen MR) is 170 cm³/mol. The van der Waals surface area contributed by atoms with Gasteiger partial charge in [-0.2, -0.15) is 18.2 Å². The smallest absolute Gasteiger partial charge is 0.421 e. The molecule has 1 aromatic carbocycles. The first kappa shape index (κ1) is 34.6. The van der Waals surface area contributed by atoms with Crippen LogP contribution in [0.4, 0.5) is 18.0 Å². The van der Waals surface area contributed by atoms with Crippen molar-refractivity contribution in [2.75, 3.05) is 20.8 Å². The minimum atomic E-state index is -4.84. The topological polar surface area (TPSA) is 121 Å². The number of halogens is 4. The molecule has 3 heterocycles. The number of aromatic nitrogens is 2. The molecule has 2 N–H and O–H groups in total. The molecule has 1 aliphatic carbocycles. The predicted octanol–water partition coefficient (Wildman–Crippen LogP) is 6.74. The van der Waals surface area contributed by atoms with Crippen molar-refractivity contribution in [1.29, 1.82) is 0 Å². The summed E-state index contributed by atoms with van der Waals surface area (Å²) in [4.78, 5) is 31.9. The molecule has 3 aromatic rings. The van der Waals surface area contributed by atoms with E-state index in [4.69, 9.17) is 30.5 Å². The van der Waals surface area contributed by atoms with E-state index in [9.17, 15) is 22.8 Å². The van der Waals surface area contributed by atoms with E-state index < -0.39 is 41.0 Å². The number of pyridine rings is 2. The molecule has 2 unspecified atom stereocenters. The van der Waals surface area contributed by atoms with Crippen LogP contribution < -0.4 is 20.1 Å². The number of hydrogen-bond acceptors (Lipinski definition) is 9. The lowest BCUT2D eigenvalue weighted by atomic mass is 9.77. The highest BCUT2D eigenvalue weighted by Crippen LogP contribution is 2.49. The second-order valence-corrected chi connectivity index (χ2v) is 12.5. The molecule has 0 radical (unpaired) electrons. The maximum atomic E-state index is 14.1. The van der Waals surface area contributed by atoms with Crippen LogP contribution in [0.5, 0.6) is 11.8 Å². The molecule has 48 heavy (non-hydrogen) atoms. The van der Waals surface area contributed by atoms with Crippen molar-refractivity contribution in [3.8, 4) is 11.8 Å². The number of hydrogen-bond donors (Lipinski definition) is 2. The molecule has 0 fully saturated rings. The van der Waals surface area contributed by atoms with Crippen molar-refractivity contribution >= 4 is 24.0 Å². The van der Waals surface area contributed by atoms with E-state index in [1.807, 2.05) is 6.07 Å². The number of ether oxygens (including phenoxy) is 4. The Kier molecular flexibility index (Phi) is 9.63. The Morgan fingerprint density at radius 3 is 2.48 bits per heavy atom. The maximum absolute atomic E-state index is 14.1. The maximum Gasteiger partial charge on any atom is 0.421 e. The molecule has 0 bridgehead atoms. The molecule has 2 aromatic heterocycles. The number of rotatable bonds is 9. The minimum absolute atomic E-state index is 0.0391. The van der Waals surface area contributed by atoms with Crippen LogP contribution in [0.25, 0.3) is 0 Å². The Morgan fingerprint density at radius 2 is 1.85 bits per heavy atom. The monoisotopic (exact) mass is 686 g/mol. The van der Waals surface area contributed by atoms with Crippen LogP contribution in [0.15, 0.2) is 71.4 Å². The number of amides is 1. The van der Waals surface area contributed by atoms with Gasteiger partial charge in [0.2, 0.25) is 11.8 Å². The lowest BCUT2D eigenvalue weighted by Crippen LogP contribution is -2.47. The quantitative estimate of drug-likeness (QED) is 0.236. The Hall–Kier alpha value is -4.78. The summed E-state index contributed by atoms with van der Waals surface area (Å²) in [5.74, 6) is -0.648. The van der Waals surface area contributed by atoms with E-state index in [2.05, 4.69) is 20.6 Å². The van der Waals surface area contributed by atoms with Gasteiger partial charge in [-0.3, -0.25) is 9.78 Å². The van der Waals surface area contributed by atoms with E-state index in [0.29, 0.717) is 52.1 Å². The molecule has 2 aliphatic rings. The highest BCUT2D eigenvalue weighted by Gasteiger charge is 2.45. The number of nitrogens with zero attached hydrogens (tertiary/aromatic N) is 2. The molecule has 2 atom stereocenters. The number of carbonyl (C=O) groups excluding carboxylic acids is 2. The fourth-order valence-electron chi connectivity index (χ4n) is 5.86. The van der Waals surface area contributed by atoms with Gasteiger partial charge < -0.3 is 29.6 Å². The Balaban J connectivity index is 1.56. The summed E-state index contributed by atoms with van der Waals surface area (Å²) in [6.07, 6.45) is -0.323. The van der Waals surface area contributed by atoms with E-state index in [-0.39, 0.29) is 24.3 Å². The SMILES string of the molecule is COC1=C(CNC(=O)OC(C)(C)C)C=C(Cl)C(c2ccncc2)(c2cccc3c2CCC3Oc2nc(OC)c(C=O)cc2C(F)(F)F)N1. The third kappa shape index (κ3) is 6.77. The standard InChI is InChI=1S/C34H34ClF3N4O6/c1-32(2,3)48-31(44)40-17-19-16-27(35)33(42-29(19)46-5,21-11-13-39-14-12-21)24-8-6-7-23-22(24)9-10-26(23)47-30-25(34(36,37)38)15-20(18-43)28(41-30)45-4/h6-8,11-16,18,26,42H,9-10,17H2,1-5H3,(H,40,44). The molecule has 1 aliphatic heterocycles. The number of dihydropyridines is 1. The zero-order valence-corrected chi connectivity index (χ0v) is 27.6. The summed E-state index contributed by atoms with van der Waals surface area (Å²) in [5, 5.41) is 6.51. The van der Waals surface area contributed by atoms with Crippen molar-refractivity contribution in [3.05, 3.63) is 105 Å². The summed E-state index contributed by atoms with van der Waals surface area (Å²) in [6.45, 7) is 5.31. The van der Waals surface area contributed by atoms with Crippen molar-refractivity contribution < 1.29 is 41.7 Å².